The minimum Gasteiger partial charge on any atom is -0.492 e. The molecule has 0 fully saturated rings. The average Bonchev–Trinajstić information content (AvgIpc) is 2.30. The van der Waals surface area contributed by atoms with E-state index in [2.05, 4.69) is 5.32 Å². The van der Waals surface area contributed by atoms with Gasteiger partial charge in [0.1, 0.15) is 5.75 Å². The Hall–Kier alpha value is -1.26. The van der Waals surface area contributed by atoms with Crippen LogP contribution in [-0.2, 0) is 4.79 Å². The maximum absolute atomic E-state index is 11.4. The van der Waals surface area contributed by atoms with Crippen molar-refractivity contribution in [3.8, 4) is 5.75 Å². The van der Waals surface area contributed by atoms with E-state index in [4.69, 9.17) is 21.4 Å². The van der Waals surface area contributed by atoms with Gasteiger partial charge in [0.25, 0.3) is 0 Å². The number of aliphatic hydroxyl groups excluding tert-OH is 1. The third-order valence-electron chi connectivity index (χ3n) is 2.08. The summed E-state index contributed by atoms with van der Waals surface area (Å²) in [6, 6.07) is 5.09. The number of halogens is 1. The Kier molecular flexibility index (Phi) is 5.80. The number of hydrogen-bond donors (Lipinski definition) is 2. The van der Waals surface area contributed by atoms with Crippen molar-refractivity contribution in [2.75, 3.05) is 18.5 Å². The monoisotopic (exact) mass is 257 g/mol. The van der Waals surface area contributed by atoms with Crippen LogP contribution in [-0.4, -0.2) is 24.2 Å². The fraction of sp³-hybridized carbons (Fsp3) is 0.417. The molecule has 5 heteroatoms. The second-order valence-electron chi connectivity index (χ2n) is 3.45. The van der Waals surface area contributed by atoms with E-state index < -0.39 is 0 Å². The Morgan fingerprint density at radius 3 is 2.88 bits per heavy atom. The number of aliphatic hydroxyl groups is 1. The molecule has 4 nitrogen and oxygen atoms in total. The van der Waals surface area contributed by atoms with Crippen molar-refractivity contribution in [3.05, 3.63) is 23.2 Å². The quantitative estimate of drug-likeness (QED) is 0.823. The summed E-state index contributed by atoms with van der Waals surface area (Å²) in [6.45, 7) is 2.43. The van der Waals surface area contributed by atoms with E-state index in [-0.39, 0.29) is 12.5 Å². The van der Waals surface area contributed by atoms with Gasteiger partial charge in [0, 0.05) is 18.7 Å². The fourth-order valence-electron chi connectivity index (χ4n) is 1.31. The lowest BCUT2D eigenvalue weighted by Gasteiger charge is -2.08. The summed E-state index contributed by atoms with van der Waals surface area (Å²) in [7, 11) is 0. The van der Waals surface area contributed by atoms with E-state index >= 15 is 0 Å². The first kappa shape index (κ1) is 13.8. The van der Waals surface area contributed by atoms with Crippen LogP contribution in [0.2, 0.25) is 5.02 Å². The zero-order valence-corrected chi connectivity index (χ0v) is 10.5. The maximum atomic E-state index is 11.4. The van der Waals surface area contributed by atoms with Gasteiger partial charge in [-0.25, -0.2) is 0 Å². The molecule has 0 aliphatic carbocycles. The van der Waals surface area contributed by atoms with E-state index in [1.165, 1.54) is 0 Å². The highest BCUT2D eigenvalue weighted by molar-refractivity contribution is 6.32. The Morgan fingerprint density at radius 1 is 1.53 bits per heavy atom. The number of amides is 1. The van der Waals surface area contributed by atoms with Gasteiger partial charge in [-0.3, -0.25) is 4.79 Å². The molecule has 0 radical (unpaired) electrons. The summed E-state index contributed by atoms with van der Waals surface area (Å²) >= 11 is 5.98. The van der Waals surface area contributed by atoms with Crippen molar-refractivity contribution in [2.45, 2.75) is 19.8 Å². The fourth-order valence-corrected chi connectivity index (χ4v) is 1.55. The molecule has 0 bridgehead atoms. The zero-order valence-electron chi connectivity index (χ0n) is 9.70. The summed E-state index contributed by atoms with van der Waals surface area (Å²) in [4.78, 5) is 11.4. The molecule has 1 aromatic carbocycles. The molecule has 94 valence electrons. The minimum absolute atomic E-state index is 0.0114. The second-order valence-corrected chi connectivity index (χ2v) is 3.86. The Labute approximate surface area is 106 Å². The molecule has 0 atom stereocenters. The van der Waals surface area contributed by atoms with Crippen LogP contribution in [0, 0.1) is 0 Å². The van der Waals surface area contributed by atoms with Crippen molar-refractivity contribution in [2.24, 2.45) is 0 Å². The van der Waals surface area contributed by atoms with E-state index in [0.717, 1.165) is 0 Å². The normalized spacial score (nSPS) is 10.1. The molecular weight excluding hydrogens is 242 g/mol. The summed E-state index contributed by atoms with van der Waals surface area (Å²) in [5, 5.41) is 11.8. The molecule has 0 aliphatic heterocycles. The van der Waals surface area contributed by atoms with Gasteiger partial charge in [0.2, 0.25) is 5.91 Å². The molecule has 0 aromatic heterocycles. The number of rotatable bonds is 6. The van der Waals surface area contributed by atoms with Crippen LogP contribution >= 0.6 is 11.6 Å². The molecule has 0 saturated carbocycles. The van der Waals surface area contributed by atoms with Gasteiger partial charge in [-0.05, 0) is 31.5 Å². The number of anilines is 1. The number of hydrogen-bond acceptors (Lipinski definition) is 3. The van der Waals surface area contributed by atoms with Gasteiger partial charge in [0.05, 0.1) is 11.6 Å². The van der Waals surface area contributed by atoms with Crippen LogP contribution in [0.1, 0.15) is 19.8 Å². The minimum atomic E-state index is -0.140. The molecule has 1 rings (SSSR count). The van der Waals surface area contributed by atoms with Crippen LogP contribution < -0.4 is 10.1 Å². The predicted molar refractivity (Wildman–Crippen MR) is 67.6 cm³/mol. The van der Waals surface area contributed by atoms with Crippen LogP contribution in [0.3, 0.4) is 0 Å². The maximum Gasteiger partial charge on any atom is 0.224 e. The lowest BCUT2D eigenvalue weighted by Crippen LogP contribution is -2.11. The Balaban J connectivity index is 2.60. The van der Waals surface area contributed by atoms with Crippen LogP contribution in [0.25, 0.3) is 0 Å². The Morgan fingerprint density at radius 2 is 2.29 bits per heavy atom. The van der Waals surface area contributed by atoms with Crippen LogP contribution in [0.15, 0.2) is 18.2 Å². The molecule has 0 spiro atoms. The molecule has 0 unspecified atom stereocenters. The Bertz CT molecular complexity index is 382. The zero-order chi connectivity index (χ0) is 12.7. The van der Waals surface area contributed by atoms with Crippen molar-refractivity contribution >= 4 is 23.2 Å². The van der Waals surface area contributed by atoms with Gasteiger partial charge in [-0.2, -0.15) is 0 Å². The molecule has 0 heterocycles. The molecule has 1 aromatic rings. The molecular formula is C12H16ClNO3. The summed E-state index contributed by atoms with van der Waals surface area (Å²) in [5.41, 5.74) is 0.626. The van der Waals surface area contributed by atoms with Gasteiger partial charge < -0.3 is 15.2 Å². The lowest BCUT2D eigenvalue weighted by molar-refractivity contribution is -0.116. The SMILES string of the molecule is CCOc1ccc(NC(=O)CCCO)cc1Cl. The number of nitrogens with one attached hydrogen (secondary N) is 1. The predicted octanol–water partition coefficient (Wildman–Crippen LogP) is 2.45. The van der Waals surface area contributed by atoms with E-state index in [0.29, 0.717) is 35.9 Å². The van der Waals surface area contributed by atoms with Gasteiger partial charge in [-0.1, -0.05) is 11.6 Å². The van der Waals surface area contributed by atoms with Crippen LogP contribution in [0.4, 0.5) is 5.69 Å². The summed E-state index contributed by atoms with van der Waals surface area (Å²) in [6.07, 6.45) is 0.748. The van der Waals surface area contributed by atoms with Crippen molar-refractivity contribution in [1.82, 2.24) is 0 Å². The standard InChI is InChI=1S/C12H16ClNO3/c1-2-17-11-6-5-9(8-10(11)13)14-12(16)4-3-7-15/h5-6,8,15H,2-4,7H2,1H3,(H,14,16). The molecule has 1 amide bonds. The lowest BCUT2D eigenvalue weighted by atomic mass is 10.2. The highest BCUT2D eigenvalue weighted by Crippen LogP contribution is 2.27. The van der Waals surface area contributed by atoms with E-state index in [9.17, 15) is 4.79 Å². The van der Waals surface area contributed by atoms with Crippen molar-refractivity contribution in [3.63, 3.8) is 0 Å². The van der Waals surface area contributed by atoms with E-state index in [1.54, 1.807) is 18.2 Å². The van der Waals surface area contributed by atoms with Gasteiger partial charge in [-0.15, -0.1) is 0 Å². The first-order valence-corrected chi connectivity index (χ1v) is 5.88. The van der Waals surface area contributed by atoms with Gasteiger partial charge >= 0.3 is 0 Å². The molecule has 0 aliphatic rings. The summed E-state index contributed by atoms with van der Waals surface area (Å²) in [5.74, 6) is 0.460. The van der Waals surface area contributed by atoms with Crippen molar-refractivity contribution < 1.29 is 14.6 Å². The largest absolute Gasteiger partial charge is 0.492 e. The molecule has 0 saturated heterocycles. The third kappa shape index (κ3) is 4.63. The average molecular weight is 258 g/mol. The smallest absolute Gasteiger partial charge is 0.224 e. The topological polar surface area (TPSA) is 58.6 Å². The number of carbonyl (C=O) groups is 1. The number of ether oxygens (including phenoxy) is 1. The first-order chi connectivity index (χ1) is 8.17. The van der Waals surface area contributed by atoms with Crippen LogP contribution in [0.5, 0.6) is 5.75 Å². The first-order valence-electron chi connectivity index (χ1n) is 5.50. The molecule has 17 heavy (non-hydrogen) atoms. The highest BCUT2D eigenvalue weighted by Gasteiger charge is 2.05. The highest BCUT2D eigenvalue weighted by atomic mass is 35.5. The van der Waals surface area contributed by atoms with Crippen molar-refractivity contribution in [1.29, 1.82) is 0 Å². The molecule has 2 N–H and O–H groups in total. The van der Waals surface area contributed by atoms with E-state index in [1.807, 2.05) is 6.92 Å². The number of benzene rings is 1. The number of carbonyl (C=O) groups excluding carboxylic acids is 1. The van der Waals surface area contributed by atoms with Gasteiger partial charge in [0.15, 0.2) is 0 Å². The summed E-state index contributed by atoms with van der Waals surface area (Å²) < 4.78 is 5.28. The second kappa shape index (κ2) is 7.14. The third-order valence-corrected chi connectivity index (χ3v) is 2.37.